The lowest BCUT2D eigenvalue weighted by atomic mass is 9.95. The molecule has 1 N–H and O–H groups in total. The predicted octanol–water partition coefficient (Wildman–Crippen LogP) is 2.64. The normalized spacial score (nSPS) is 15.3. The maximum absolute atomic E-state index is 12.4. The van der Waals surface area contributed by atoms with Crippen LogP contribution in [0.3, 0.4) is 0 Å². The van der Waals surface area contributed by atoms with Crippen LogP contribution < -0.4 is 10.1 Å². The lowest BCUT2D eigenvalue weighted by Crippen LogP contribution is -2.43. The summed E-state index contributed by atoms with van der Waals surface area (Å²) in [6, 6.07) is 7.86. The number of likely N-dealkylation sites (tertiary alicyclic amines) is 1. The van der Waals surface area contributed by atoms with Gasteiger partial charge in [0.2, 0.25) is 11.8 Å². The molecular weight excluding hydrogens is 316 g/mol. The summed E-state index contributed by atoms with van der Waals surface area (Å²) < 4.78 is 5.33. The number of ether oxygens (including phenoxy) is 1. The zero-order chi connectivity index (χ0) is 18.2. The lowest BCUT2D eigenvalue weighted by Gasteiger charge is -2.31. The van der Waals surface area contributed by atoms with Crippen LogP contribution in [0.1, 0.15) is 38.7 Å². The van der Waals surface area contributed by atoms with Crippen molar-refractivity contribution in [2.45, 2.75) is 39.5 Å². The Morgan fingerprint density at radius 3 is 2.56 bits per heavy atom. The highest BCUT2D eigenvalue weighted by atomic mass is 16.5. The largest absolute Gasteiger partial charge is 0.496 e. The first kappa shape index (κ1) is 19.3. The number of carbonyl (C=O) groups is 2. The maximum atomic E-state index is 12.4. The van der Waals surface area contributed by atoms with Gasteiger partial charge in [0.25, 0.3) is 0 Å². The van der Waals surface area contributed by atoms with Gasteiger partial charge in [-0.15, -0.1) is 0 Å². The Morgan fingerprint density at radius 2 is 1.92 bits per heavy atom. The van der Waals surface area contributed by atoms with Gasteiger partial charge in [0, 0.05) is 32.0 Å². The van der Waals surface area contributed by atoms with E-state index in [1.165, 1.54) is 0 Å². The van der Waals surface area contributed by atoms with Crippen molar-refractivity contribution in [2.75, 3.05) is 26.7 Å². The van der Waals surface area contributed by atoms with Gasteiger partial charge in [0.05, 0.1) is 7.11 Å². The number of nitrogens with zero attached hydrogens (tertiary/aromatic N) is 1. The SMILES string of the molecule is COc1ccccc1CCNC(=O)C1CCN(C(=O)CC(C)C)CC1. The predicted molar refractivity (Wildman–Crippen MR) is 98.5 cm³/mol. The van der Waals surface area contributed by atoms with E-state index in [0.717, 1.165) is 30.6 Å². The van der Waals surface area contributed by atoms with Gasteiger partial charge in [0.15, 0.2) is 0 Å². The zero-order valence-electron chi connectivity index (χ0n) is 15.6. The quantitative estimate of drug-likeness (QED) is 0.826. The van der Waals surface area contributed by atoms with Crippen LogP contribution in [0.15, 0.2) is 24.3 Å². The average Bonchev–Trinajstić information content (AvgIpc) is 2.61. The molecule has 0 spiro atoms. The van der Waals surface area contributed by atoms with Crippen LogP contribution in [0, 0.1) is 11.8 Å². The third kappa shape index (κ3) is 5.76. The number of hydrogen-bond acceptors (Lipinski definition) is 3. The fourth-order valence-corrected chi connectivity index (χ4v) is 3.24. The number of benzene rings is 1. The topological polar surface area (TPSA) is 58.6 Å². The molecule has 1 aromatic rings. The highest BCUT2D eigenvalue weighted by Crippen LogP contribution is 2.20. The van der Waals surface area contributed by atoms with E-state index < -0.39 is 0 Å². The van der Waals surface area contributed by atoms with Crippen molar-refractivity contribution >= 4 is 11.8 Å². The second kappa shape index (κ2) is 9.44. The third-order valence-corrected chi connectivity index (χ3v) is 4.69. The number of amides is 2. The molecule has 0 saturated carbocycles. The number of para-hydroxylation sites is 1. The minimum Gasteiger partial charge on any atom is -0.496 e. The number of rotatable bonds is 7. The average molecular weight is 346 g/mol. The zero-order valence-corrected chi connectivity index (χ0v) is 15.6. The van der Waals surface area contributed by atoms with Crippen molar-refractivity contribution in [1.29, 1.82) is 0 Å². The molecule has 25 heavy (non-hydrogen) atoms. The van der Waals surface area contributed by atoms with Gasteiger partial charge in [-0.3, -0.25) is 9.59 Å². The molecule has 138 valence electrons. The molecule has 0 atom stereocenters. The summed E-state index contributed by atoms with van der Waals surface area (Å²) in [5.74, 6) is 1.56. The van der Waals surface area contributed by atoms with E-state index in [-0.39, 0.29) is 17.7 Å². The second-order valence-electron chi connectivity index (χ2n) is 7.11. The number of piperidine rings is 1. The monoisotopic (exact) mass is 346 g/mol. The lowest BCUT2D eigenvalue weighted by molar-refractivity contribution is -0.136. The number of methoxy groups -OCH3 is 1. The van der Waals surface area contributed by atoms with Gasteiger partial charge in [-0.2, -0.15) is 0 Å². The first-order valence-electron chi connectivity index (χ1n) is 9.18. The Kier molecular flexibility index (Phi) is 7.29. The summed E-state index contributed by atoms with van der Waals surface area (Å²) >= 11 is 0. The Bertz CT molecular complexity index is 578. The van der Waals surface area contributed by atoms with Crippen LogP contribution >= 0.6 is 0 Å². The van der Waals surface area contributed by atoms with Gasteiger partial charge in [-0.05, 0) is 36.8 Å². The van der Waals surface area contributed by atoms with E-state index in [2.05, 4.69) is 19.2 Å². The van der Waals surface area contributed by atoms with Gasteiger partial charge in [-0.25, -0.2) is 0 Å². The molecule has 1 saturated heterocycles. The Labute approximate surface area is 150 Å². The van der Waals surface area contributed by atoms with Crippen LogP contribution in [-0.4, -0.2) is 43.5 Å². The standard InChI is InChI=1S/C20H30N2O3/c1-15(2)14-19(23)22-12-9-17(10-13-22)20(24)21-11-8-16-6-4-5-7-18(16)25-3/h4-7,15,17H,8-14H2,1-3H3,(H,21,24). The maximum Gasteiger partial charge on any atom is 0.223 e. The van der Waals surface area contributed by atoms with Crippen molar-refractivity contribution in [3.63, 3.8) is 0 Å². The van der Waals surface area contributed by atoms with Gasteiger partial charge >= 0.3 is 0 Å². The summed E-state index contributed by atoms with van der Waals surface area (Å²) in [5.41, 5.74) is 1.10. The first-order valence-corrected chi connectivity index (χ1v) is 9.18. The molecule has 1 fully saturated rings. The summed E-state index contributed by atoms with van der Waals surface area (Å²) in [4.78, 5) is 26.3. The first-order chi connectivity index (χ1) is 12.0. The van der Waals surface area contributed by atoms with Crippen LogP contribution in [0.2, 0.25) is 0 Å². The van der Waals surface area contributed by atoms with Crippen LogP contribution in [-0.2, 0) is 16.0 Å². The van der Waals surface area contributed by atoms with Gasteiger partial charge in [0.1, 0.15) is 5.75 Å². The van der Waals surface area contributed by atoms with Gasteiger partial charge < -0.3 is 15.0 Å². The number of hydrogen-bond donors (Lipinski definition) is 1. The number of nitrogens with one attached hydrogen (secondary N) is 1. The van der Waals surface area contributed by atoms with Crippen LogP contribution in [0.5, 0.6) is 5.75 Å². The van der Waals surface area contributed by atoms with Crippen molar-refractivity contribution in [3.05, 3.63) is 29.8 Å². The Balaban J connectivity index is 1.73. The Morgan fingerprint density at radius 1 is 1.24 bits per heavy atom. The summed E-state index contributed by atoms with van der Waals surface area (Å²) in [6.45, 7) is 6.09. The molecule has 2 rings (SSSR count). The summed E-state index contributed by atoms with van der Waals surface area (Å²) in [7, 11) is 1.66. The number of carbonyl (C=O) groups excluding carboxylic acids is 2. The molecule has 0 radical (unpaired) electrons. The van der Waals surface area contributed by atoms with Crippen molar-refractivity contribution in [3.8, 4) is 5.75 Å². The third-order valence-electron chi connectivity index (χ3n) is 4.69. The van der Waals surface area contributed by atoms with E-state index in [1.54, 1.807) is 7.11 Å². The molecule has 0 bridgehead atoms. The molecule has 5 nitrogen and oxygen atoms in total. The summed E-state index contributed by atoms with van der Waals surface area (Å²) in [6.07, 6.45) is 2.85. The van der Waals surface area contributed by atoms with E-state index in [9.17, 15) is 9.59 Å². The molecule has 0 aliphatic carbocycles. The smallest absolute Gasteiger partial charge is 0.223 e. The highest BCUT2D eigenvalue weighted by Gasteiger charge is 2.27. The van der Waals surface area contributed by atoms with Crippen molar-refractivity contribution in [1.82, 2.24) is 10.2 Å². The van der Waals surface area contributed by atoms with E-state index in [1.807, 2.05) is 29.2 Å². The summed E-state index contributed by atoms with van der Waals surface area (Å²) in [5, 5.41) is 3.03. The highest BCUT2D eigenvalue weighted by molar-refractivity contribution is 5.80. The molecule has 1 aliphatic heterocycles. The van der Waals surface area contributed by atoms with Crippen molar-refractivity contribution in [2.24, 2.45) is 11.8 Å². The van der Waals surface area contributed by atoms with E-state index in [0.29, 0.717) is 32.0 Å². The molecule has 1 heterocycles. The second-order valence-corrected chi connectivity index (χ2v) is 7.11. The minimum absolute atomic E-state index is 0.0146. The minimum atomic E-state index is 0.0146. The van der Waals surface area contributed by atoms with Gasteiger partial charge in [-0.1, -0.05) is 32.0 Å². The van der Waals surface area contributed by atoms with Crippen molar-refractivity contribution < 1.29 is 14.3 Å². The van der Waals surface area contributed by atoms with Crippen LogP contribution in [0.4, 0.5) is 0 Å². The molecule has 0 aromatic heterocycles. The van der Waals surface area contributed by atoms with E-state index in [4.69, 9.17) is 4.74 Å². The molecule has 0 unspecified atom stereocenters. The fourth-order valence-electron chi connectivity index (χ4n) is 3.24. The van der Waals surface area contributed by atoms with E-state index >= 15 is 0 Å². The Hall–Kier alpha value is -2.04. The fraction of sp³-hybridized carbons (Fsp3) is 0.600. The van der Waals surface area contributed by atoms with Crippen LogP contribution in [0.25, 0.3) is 0 Å². The molecule has 2 amide bonds. The molecular formula is C20H30N2O3. The molecule has 1 aromatic carbocycles. The molecule has 1 aliphatic rings. The molecule has 5 heteroatoms.